The van der Waals surface area contributed by atoms with Crippen molar-refractivity contribution in [3.63, 3.8) is 0 Å². The van der Waals surface area contributed by atoms with Gasteiger partial charge in [0.25, 0.3) is 0 Å². The quantitative estimate of drug-likeness (QED) is 0.0860. The molecule has 4 atom stereocenters. The number of methoxy groups -OCH3 is 1. The molecule has 298 valence electrons. The summed E-state index contributed by atoms with van der Waals surface area (Å²) < 4.78 is 43.8. The van der Waals surface area contributed by atoms with E-state index in [9.17, 15) is 37.1 Å². The second kappa shape index (κ2) is 21.4. The second-order valence-corrected chi connectivity index (χ2v) is 13.8. The van der Waals surface area contributed by atoms with Gasteiger partial charge in [-0.25, -0.2) is 0 Å². The van der Waals surface area contributed by atoms with Crippen LogP contribution in [0, 0.1) is 0 Å². The molecule has 13 nitrogen and oxygen atoms in total. The lowest BCUT2D eigenvalue weighted by atomic mass is 9.88. The van der Waals surface area contributed by atoms with Gasteiger partial charge in [0.1, 0.15) is 23.7 Å². The zero-order valence-electron chi connectivity index (χ0n) is 30.7. The van der Waals surface area contributed by atoms with E-state index in [1.165, 1.54) is 12.0 Å². The first-order valence-electron chi connectivity index (χ1n) is 18.3. The Labute approximate surface area is 314 Å². The summed E-state index contributed by atoms with van der Waals surface area (Å²) >= 11 is 0. The van der Waals surface area contributed by atoms with Crippen molar-refractivity contribution in [3.8, 4) is 0 Å². The van der Waals surface area contributed by atoms with Crippen LogP contribution in [0.1, 0.15) is 68.9 Å². The summed E-state index contributed by atoms with van der Waals surface area (Å²) in [6, 6.07) is 13.3. The molecule has 16 heteroatoms. The van der Waals surface area contributed by atoms with E-state index in [0.717, 1.165) is 5.56 Å². The Balaban J connectivity index is 1.82. The van der Waals surface area contributed by atoms with Gasteiger partial charge in [-0.05, 0) is 69.0 Å². The van der Waals surface area contributed by atoms with E-state index in [-0.39, 0.29) is 64.5 Å². The Kier molecular flexibility index (Phi) is 17.4. The van der Waals surface area contributed by atoms with Crippen molar-refractivity contribution in [3.05, 3.63) is 71.8 Å². The fraction of sp³-hybridized carbons (Fsp3) is 0.553. The Hall–Kier alpha value is -4.54. The molecule has 1 unspecified atom stereocenters. The monoisotopic (exact) mass is 761 g/mol. The summed E-state index contributed by atoms with van der Waals surface area (Å²) in [6.07, 6.45) is -4.30. The van der Waals surface area contributed by atoms with Gasteiger partial charge in [0, 0.05) is 25.9 Å². The maximum atomic E-state index is 13.9. The van der Waals surface area contributed by atoms with Crippen LogP contribution in [-0.2, 0) is 41.6 Å². The molecule has 0 bridgehead atoms. The number of carbonyl (C=O) groups excluding carboxylic acids is 5. The van der Waals surface area contributed by atoms with E-state index in [0.29, 0.717) is 24.9 Å². The fourth-order valence-electron chi connectivity index (χ4n) is 6.29. The number of alkyl halides is 3. The summed E-state index contributed by atoms with van der Waals surface area (Å²) in [6.45, 7) is 0.589. The molecular formula is C38H54F3N7O6. The van der Waals surface area contributed by atoms with Crippen molar-refractivity contribution >= 4 is 29.6 Å². The number of likely N-dealkylation sites (tertiary alicyclic amines) is 1. The normalized spacial score (nSPS) is 16.3. The summed E-state index contributed by atoms with van der Waals surface area (Å²) in [7, 11) is 1.23. The molecule has 4 amide bonds. The summed E-state index contributed by atoms with van der Waals surface area (Å²) in [5.74, 6) is -3.16. The van der Waals surface area contributed by atoms with Gasteiger partial charge in [0.2, 0.25) is 23.6 Å². The molecule has 1 heterocycles. The van der Waals surface area contributed by atoms with Crippen molar-refractivity contribution in [1.82, 2.24) is 20.9 Å². The van der Waals surface area contributed by atoms with Crippen LogP contribution in [0.5, 0.6) is 0 Å². The van der Waals surface area contributed by atoms with Gasteiger partial charge in [-0.15, -0.1) is 0 Å². The first kappa shape index (κ1) is 43.9. The predicted octanol–water partition coefficient (Wildman–Crippen LogP) is 2.00. The van der Waals surface area contributed by atoms with Crippen molar-refractivity contribution in [2.75, 3.05) is 26.7 Å². The van der Waals surface area contributed by atoms with Crippen LogP contribution in [0.15, 0.2) is 60.7 Å². The Morgan fingerprint density at radius 2 is 1.26 bits per heavy atom. The van der Waals surface area contributed by atoms with Crippen LogP contribution in [0.4, 0.5) is 13.2 Å². The van der Waals surface area contributed by atoms with E-state index in [1.807, 2.05) is 30.3 Å². The van der Waals surface area contributed by atoms with E-state index in [1.54, 1.807) is 30.3 Å². The third kappa shape index (κ3) is 14.4. The lowest BCUT2D eigenvalue weighted by Crippen LogP contribution is -2.61. The largest absolute Gasteiger partial charge is 0.468 e. The first-order chi connectivity index (χ1) is 25.7. The van der Waals surface area contributed by atoms with Crippen LogP contribution in [-0.4, -0.2) is 97.1 Å². The van der Waals surface area contributed by atoms with Gasteiger partial charge in [-0.2, -0.15) is 13.2 Å². The van der Waals surface area contributed by atoms with Gasteiger partial charge < -0.3 is 42.8 Å². The molecule has 0 spiro atoms. The van der Waals surface area contributed by atoms with Crippen LogP contribution in [0.3, 0.4) is 0 Å². The predicted molar refractivity (Wildman–Crippen MR) is 196 cm³/mol. The Morgan fingerprint density at radius 3 is 1.81 bits per heavy atom. The molecule has 0 aliphatic carbocycles. The van der Waals surface area contributed by atoms with Crippen molar-refractivity contribution in [2.45, 2.75) is 107 Å². The molecule has 0 aromatic heterocycles. The van der Waals surface area contributed by atoms with Crippen LogP contribution >= 0.6 is 0 Å². The van der Waals surface area contributed by atoms with Crippen LogP contribution in [0.2, 0.25) is 0 Å². The van der Waals surface area contributed by atoms with E-state index >= 15 is 0 Å². The molecule has 1 aliphatic heterocycles. The topological polar surface area (TPSA) is 212 Å². The number of amides is 4. The van der Waals surface area contributed by atoms with Crippen molar-refractivity contribution in [1.29, 1.82) is 0 Å². The molecule has 1 aliphatic rings. The van der Waals surface area contributed by atoms with Crippen molar-refractivity contribution in [2.24, 2.45) is 17.2 Å². The maximum Gasteiger partial charge on any atom is 0.389 e. The highest BCUT2D eigenvalue weighted by atomic mass is 19.4. The van der Waals surface area contributed by atoms with Gasteiger partial charge in [0.05, 0.1) is 13.2 Å². The molecule has 3 rings (SSSR count). The minimum atomic E-state index is -4.41. The highest BCUT2D eigenvalue weighted by Crippen LogP contribution is 2.24. The number of unbranched alkanes of at least 4 members (excludes halogenated alkanes) is 2. The third-order valence-corrected chi connectivity index (χ3v) is 9.51. The number of nitrogens with zero attached hydrogens (tertiary/aromatic N) is 1. The summed E-state index contributed by atoms with van der Waals surface area (Å²) in [4.78, 5) is 68.6. The highest BCUT2D eigenvalue weighted by Gasteiger charge is 2.41. The second-order valence-electron chi connectivity index (χ2n) is 13.8. The zero-order valence-corrected chi connectivity index (χ0v) is 30.7. The molecular weight excluding hydrogens is 707 g/mol. The average Bonchev–Trinajstić information content (AvgIpc) is 3.15. The average molecular weight is 762 g/mol. The Bertz CT molecular complexity index is 1510. The highest BCUT2D eigenvalue weighted by molar-refractivity contribution is 5.95. The molecule has 2 aromatic carbocycles. The zero-order chi connectivity index (χ0) is 39.7. The number of nitrogens with two attached hydrogens (primary N) is 3. The number of piperidine rings is 1. The number of rotatable bonds is 20. The van der Waals surface area contributed by atoms with Gasteiger partial charge in [-0.1, -0.05) is 67.1 Å². The number of halogens is 3. The van der Waals surface area contributed by atoms with Gasteiger partial charge in [-0.3, -0.25) is 24.0 Å². The van der Waals surface area contributed by atoms with E-state index < -0.39 is 71.9 Å². The number of ether oxygens (including phenoxy) is 1. The molecule has 54 heavy (non-hydrogen) atoms. The van der Waals surface area contributed by atoms with E-state index in [2.05, 4.69) is 16.0 Å². The minimum absolute atomic E-state index is 0.0300. The molecule has 0 saturated carbocycles. The molecule has 1 fully saturated rings. The third-order valence-electron chi connectivity index (χ3n) is 9.51. The van der Waals surface area contributed by atoms with Crippen LogP contribution in [0.25, 0.3) is 0 Å². The molecule has 9 N–H and O–H groups in total. The maximum absolute atomic E-state index is 13.9. The number of esters is 1. The number of hydrogen-bond donors (Lipinski definition) is 6. The first-order valence-corrected chi connectivity index (χ1v) is 18.3. The lowest BCUT2D eigenvalue weighted by Gasteiger charge is -2.38. The van der Waals surface area contributed by atoms with E-state index in [4.69, 9.17) is 21.9 Å². The minimum Gasteiger partial charge on any atom is -0.468 e. The number of hydrogen-bond acceptors (Lipinski definition) is 9. The van der Waals surface area contributed by atoms with Crippen LogP contribution < -0.4 is 33.2 Å². The molecule has 1 saturated heterocycles. The SMILES string of the molecule is COC(=O)C1(N)CCN(C(=O)[C@@H](CCCCN)NC(=O)C(CCCCC(F)(F)F)NC(=O)[C@@H](Cc2ccccc2)NC(=O)[C@H](N)Cc2ccccc2)CC1. The number of benzene rings is 2. The van der Waals surface area contributed by atoms with Gasteiger partial charge in [0.15, 0.2) is 0 Å². The lowest BCUT2D eigenvalue weighted by molar-refractivity contribution is -0.151. The fourth-order valence-corrected chi connectivity index (χ4v) is 6.29. The smallest absolute Gasteiger partial charge is 0.389 e. The molecule has 2 aromatic rings. The molecule has 0 radical (unpaired) electrons. The van der Waals surface area contributed by atoms with Crippen molar-refractivity contribution < 1.29 is 41.9 Å². The number of carbonyl (C=O) groups is 5. The van der Waals surface area contributed by atoms with Gasteiger partial charge >= 0.3 is 12.1 Å². The summed E-state index contributed by atoms with van der Waals surface area (Å²) in [5.41, 5.74) is 18.4. The summed E-state index contributed by atoms with van der Waals surface area (Å²) in [5, 5.41) is 8.08. The standard InChI is InChI=1S/C38H54F3N7O6/c1-54-36(53)37(44)19-22-48(23-20-37)35(52)30(17-9-11-21-42)46-33(50)29(16-8-10-18-38(39,40)41)45-34(51)31(25-27-14-6-3-7-15-27)47-32(49)28(43)24-26-12-4-2-5-13-26/h2-7,12-15,28-31H,8-11,16-25,42-44H2,1H3,(H,45,51)(H,46,50)(H,47,49)/t28-,29?,30-,31-/m1/s1. The number of nitrogens with one attached hydrogen (secondary N) is 3. The Morgan fingerprint density at radius 1 is 0.759 bits per heavy atom.